The first-order valence-corrected chi connectivity index (χ1v) is 6.27. The molecule has 0 aliphatic carbocycles. The molecule has 0 fully saturated rings. The maximum atomic E-state index is 5.77. The van der Waals surface area contributed by atoms with Crippen LogP contribution in [0.2, 0.25) is 0 Å². The van der Waals surface area contributed by atoms with Crippen molar-refractivity contribution in [3.8, 4) is 11.3 Å². The van der Waals surface area contributed by atoms with E-state index in [1.165, 1.54) is 0 Å². The maximum Gasteiger partial charge on any atom is 0.209 e. The van der Waals surface area contributed by atoms with Crippen molar-refractivity contribution in [3.05, 3.63) is 67.7 Å². The van der Waals surface area contributed by atoms with Gasteiger partial charge in [0.2, 0.25) is 5.89 Å². The van der Waals surface area contributed by atoms with E-state index in [0.717, 1.165) is 24.4 Å². The van der Waals surface area contributed by atoms with E-state index in [1.54, 1.807) is 6.20 Å². The second kappa shape index (κ2) is 6.71. The fraction of sp³-hybridized carbons (Fsp3) is 0.188. The van der Waals surface area contributed by atoms with Crippen LogP contribution >= 0.6 is 0 Å². The summed E-state index contributed by atoms with van der Waals surface area (Å²) in [6.45, 7) is 9.73. The number of rotatable bonds is 7. The monoisotopic (exact) mass is 254 g/mol. The minimum absolute atomic E-state index is 0.658. The van der Waals surface area contributed by atoms with Gasteiger partial charge in [0.1, 0.15) is 0 Å². The molecule has 3 nitrogen and oxygen atoms in total. The average Bonchev–Trinajstić information content (AvgIpc) is 2.89. The van der Waals surface area contributed by atoms with Gasteiger partial charge in [-0.15, -0.1) is 13.2 Å². The van der Waals surface area contributed by atoms with Gasteiger partial charge in [0, 0.05) is 18.7 Å². The molecule has 2 rings (SSSR count). The fourth-order valence-corrected chi connectivity index (χ4v) is 1.88. The van der Waals surface area contributed by atoms with Crippen molar-refractivity contribution in [1.82, 2.24) is 9.88 Å². The zero-order valence-electron chi connectivity index (χ0n) is 11.0. The van der Waals surface area contributed by atoms with Crippen molar-refractivity contribution in [2.75, 3.05) is 13.1 Å². The molecule has 1 aromatic heterocycles. The maximum absolute atomic E-state index is 5.77. The third-order valence-electron chi connectivity index (χ3n) is 2.75. The summed E-state index contributed by atoms with van der Waals surface area (Å²) >= 11 is 0. The van der Waals surface area contributed by atoms with Crippen LogP contribution in [0.25, 0.3) is 11.3 Å². The number of aromatic nitrogens is 1. The van der Waals surface area contributed by atoms with Gasteiger partial charge in [0.05, 0.1) is 12.7 Å². The van der Waals surface area contributed by atoms with Crippen molar-refractivity contribution >= 4 is 0 Å². The van der Waals surface area contributed by atoms with Gasteiger partial charge in [0.25, 0.3) is 0 Å². The topological polar surface area (TPSA) is 29.3 Å². The van der Waals surface area contributed by atoms with E-state index in [4.69, 9.17) is 4.42 Å². The molecular weight excluding hydrogens is 236 g/mol. The molecule has 2 aromatic rings. The van der Waals surface area contributed by atoms with E-state index in [0.29, 0.717) is 12.4 Å². The highest BCUT2D eigenvalue weighted by molar-refractivity contribution is 5.55. The highest BCUT2D eigenvalue weighted by Crippen LogP contribution is 2.20. The first kappa shape index (κ1) is 13.3. The Morgan fingerprint density at radius 2 is 1.79 bits per heavy atom. The molecule has 0 unspecified atom stereocenters. The highest BCUT2D eigenvalue weighted by Gasteiger charge is 2.09. The molecule has 1 heterocycles. The molecule has 0 amide bonds. The molecular formula is C16H18N2O. The highest BCUT2D eigenvalue weighted by atomic mass is 16.4. The standard InChI is InChI=1S/C16H18N2O/c1-3-10-18(11-4-2)13-16-17-12-15(19-16)14-8-6-5-7-9-14/h3-9,12H,1-2,10-11,13H2. The van der Waals surface area contributed by atoms with E-state index in [2.05, 4.69) is 23.0 Å². The summed E-state index contributed by atoms with van der Waals surface area (Å²) in [5.74, 6) is 1.51. The Hall–Kier alpha value is -2.13. The van der Waals surface area contributed by atoms with Crippen LogP contribution in [-0.4, -0.2) is 23.0 Å². The van der Waals surface area contributed by atoms with E-state index >= 15 is 0 Å². The molecule has 0 N–H and O–H groups in total. The number of nitrogens with zero attached hydrogens (tertiary/aromatic N) is 2. The zero-order chi connectivity index (χ0) is 13.5. The summed E-state index contributed by atoms with van der Waals surface area (Å²) in [6, 6.07) is 9.97. The number of hydrogen-bond acceptors (Lipinski definition) is 3. The Kier molecular flexibility index (Phi) is 4.70. The first-order chi connectivity index (χ1) is 9.33. The van der Waals surface area contributed by atoms with Crippen LogP contribution in [0.5, 0.6) is 0 Å². The third-order valence-corrected chi connectivity index (χ3v) is 2.75. The summed E-state index contributed by atoms with van der Waals surface area (Å²) in [7, 11) is 0. The van der Waals surface area contributed by atoms with Gasteiger partial charge < -0.3 is 4.42 Å². The van der Waals surface area contributed by atoms with Crippen molar-refractivity contribution in [2.45, 2.75) is 6.54 Å². The molecule has 1 aromatic carbocycles. The van der Waals surface area contributed by atoms with Crippen LogP contribution in [0.3, 0.4) is 0 Å². The molecule has 98 valence electrons. The normalized spacial score (nSPS) is 10.6. The van der Waals surface area contributed by atoms with Crippen molar-refractivity contribution in [2.24, 2.45) is 0 Å². The van der Waals surface area contributed by atoms with Gasteiger partial charge in [-0.2, -0.15) is 0 Å². The minimum Gasteiger partial charge on any atom is -0.439 e. The predicted molar refractivity (Wildman–Crippen MR) is 77.6 cm³/mol. The summed E-state index contributed by atoms with van der Waals surface area (Å²) in [4.78, 5) is 6.47. The van der Waals surface area contributed by atoms with Gasteiger partial charge in [-0.3, -0.25) is 4.90 Å². The Balaban J connectivity index is 2.08. The summed E-state index contributed by atoms with van der Waals surface area (Å²) < 4.78 is 5.77. The first-order valence-electron chi connectivity index (χ1n) is 6.27. The average molecular weight is 254 g/mol. The van der Waals surface area contributed by atoms with Crippen LogP contribution in [0, 0.1) is 0 Å². The van der Waals surface area contributed by atoms with Crippen LogP contribution in [0.4, 0.5) is 0 Å². The molecule has 0 saturated carbocycles. The quantitative estimate of drug-likeness (QED) is 0.708. The molecule has 0 spiro atoms. The lowest BCUT2D eigenvalue weighted by Crippen LogP contribution is -2.23. The Morgan fingerprint density at radius 3 is 2.42 bits per heavy atom. The summed E-state index contributed by atoms with van der Waals surface area (Å²) in [6.07, 6.45) is 5.50. The van der Waals surface area contributed by atoms with Gasteiger partial charge in [0.15, 0.2) is 5.76 Å². The van der Waals surface area contributed by atoms with E-state index in [-0.39, 0.29) is 0 Å². The zero-order valence-corrected chi connectivity index (χ0v) is 11.0. The molecule has 0 saturated heterocycles. The van der Waals surface area contributed by atoms with Crippen LogP contribution in [0.1, 0.15) is 5.89 Å². The second-order valence-corrected chi connectivity index (χ2v) is 4.26. The van der Waals surface area contributed by atoms with Crippen LogP contribution < -0.4 is 0 Å². The lowest BCUT2D eigenvalue weighted by Gasteiger charge is -2.15. The van der Waals surface area contributed by atoms with E-state index in [1.807, 2.05) is 42.5 Å². The number of benzene rings is 1. The van der Waals surface area contributed by atoms with Gasteiger partial charge in [-0.25, -0.2) is 4.98 Å². The molecule has 0 atom stereocenters. The number of hydrogen-bond donors (Lipinski definition) is 0. The lowest BCUT2D eigenvalue weighted by atomic mass is 10.2. The van der Waals surface area contributed by atoms with Gasteiger partial charge in [-0.05, 0) is 0 Å². The Morgan fingerprint density at radius 1 is 1.11 bits per heavy atom. The minimum atomic E-state index is 0.658. The largest absolute Gasteiger partial charge is 0.439 e. The lowest BCUT2D eigenvalue weighted by molar-refractivity contribution is 0.289. The molecule has 0 bridgehead atoms. The van der Waals surface area contributed by atoms with Crippen molar-refractivity contribution in [1.29, 1.82) is 0 Å². The van der Waals surface area contributed by atoms with Crippen LogP contribution in [0.15, 0.2) is 66.3 Å². The van der Waals surface area contributed by atoms with E-state index < -0.39 is 0 Å². The van der Waals surface area contributed by atoms with Gasteiger partial charge >= 0.3 is 0 Å². The summed E-state index contributed by atoms with van der Waals surface area (Å²) in [5.41, 5.74) is 1.04. The Labute approximate surface area is 113 Å². The second-order valence-electron chi connectivity index (χ2n) is 4.26. The molecule has 0 radical (unpaired) electrons. The summed E-state index contributed by atoms with van der Waals surface area (Å²) in [5, 5.41) is 0. The molecule has 0 aliphatic heterocycles. The van der Waals surface area contributed by atoms with Crippen molar-refractivity contribution in [3.63, 3.8) is 0 Å². The molecule has 3 heteroatoms. The third kappa shape index (κ3) is 3.66. The fourth-order valence-electron chi connectivity index (χ4n) is 1.88. The predicted octanol–water partition coefficient (Wildman–Crippen LogP) is 3.52. The molecule has 0 aliphatic rings. The Bertz CT molecular complexity index is 521. The van der Waals surface area contributed by atoms with E-state index in [9.17, 15) is 0 Å². The smallest absolute Gasteiger partial charge is 0.209 e. The van der Waals surface area contributed by atoms with Crippen molar-refractivity contribution < 1.29 is 4.42 Å². The molecule has 19 heavy (non-hydrogen) atoms. The van der Waals surface area contributed by atoms with Crippen LogP contribution in [-0.2, 0) is 6.54 Å². The SMILES string of the molecule is C=CCN(CC=C)Cc1ncc(-c2ccccc2)o1. The number of oxazole rings is 1. The van der Waals surface area contributed by atoms with Gasteiger partial charge in [-0.1, -0.05) is 42.5 Å².